The minimum atomic E-state index is -5.71. The molecule has 10 heteroatoms. The molecular formula is C9H12F3NO5S. The van der Waals surface area contributed by atoms with Crippen molar-refractivity contribution in [3.8, 4) is 0 Å². The Morgan fingerprint density at radius 2 is 2.16 bits per heavy atom. The third kappa shape index (κ3) is 3.52. The van der Waals surface area contributed by atoms with Crippen LogP contribution in [0.4, 0.5) is 18.0 Å². The van der Waals surface area contributed by atoms with Crippen LogP contribution in [0.15, 0.2) is 11.8 Å². The van der Waals surface area contributed by atoms with E-state index in [4.69, 9.17) is 5.11 Å². The number of carboxylic acid groups (broad SMARTS) is 1. The molecule has 0 aromatic rings. The molecule has 1 unspecified atom stereocenters. The molecule has 1 aliphatic heterocycles. The Kier molecular flexibility index (Phi) is 4.33. The summed E-state index contributed by atoms with van der Waals surface area (Å²) in [5.41, 5.74) is -5.50. The fraction of sp³-hybridized carbons (Fsp3) is 0.667. The van der Waals surface area contributed by atoms with Gasteiger partial charge >= 0.3 is 21.7 Å². The van der Waals surface area contributed by atoms with E-state index >= 15 is 0 Å². The molecule has 0 saturated carbocycles. The van der Waals surface area contributed by atoms with Gasteiger partial charge in [0.05, 0.1) is 0 Å². The summed E-state index contributed by atoms with van der Waals surface area (Å²) in [5, 5.41) is 8.76. The number of amides is 1. The normalized spacial score (nSPS) is 20.9. The summed E-state index contributed by atoms with van der Waals surface area (Å²) in [7, 11) is -5.71. The molecule has 6 nitrogen and oxygen atoms in total. The van der Waals surface area contributed by atoms with Crippen molar-refractivity contribution in [1.29, 1.82) is 0 Å². The third-order valence-electron chi connectivity index (χ3n) is 2.61. The van der Waals surface area contributed by atoms with E-state index in [1.807, 2.05) is 0 Å². The average molecular weight is 303 g/mol. The molecule has 0 aromatic heterocycles. The Hall–Kier alpha value is -1.45. The minimum absolute atomic E-state index is 0.106. The van der Waals surface area contributed by atoms with Gasteiger partial charge in [-0.05, 0) is 12.5 Å². The number of alkyl halides is 3. The first kappa shape index (κ1) is 15.6. The Morgan fingerprint density at radius 3 is 2.58 bits per heavy atom. The predicted octanol–water partition coefficient (Wildman–Crippen LogP) is 1.76. The molecule has 1 N–H and O–H groups in total. The molecule has 1 amide bonds. The van der Waals surface area contributed by atoms with E-state index in [1.54, 1.807) is 6.92 Å². The van der Waals surface area contributed by atoms with Gasteiger partial charge in [-0.1, -0.05) is 6.92 Å². The SMILES string of the molecule is CCC1CN(C(=O)O)CC=C1OS(=O)(=O)C(F)(F)F. The fourth-order valence-electron chi connectivity index (χ4n) is 1.56. The highest BCUT2D eigenvalue weighted by molar-refractivity contribution is 7.87. The Balaban J connectivity index is 2.92. The number of carbonyl (C=O) groups is 1. The predicted molar refractivity (Wildman–Crippen MR) is 57.5 cm³/mol. The Morgan fingerprint density at radius 1 is 1.58 bits per heavy atom. The fourth-order valence-corrected chi connectivity index (χ4v) is 2.11. The van der Waals surface area contributed by atoms with Crippen molar-refractivity contribution in [2.45, 2.75) is 18.9 Å². The summed E-state index contributed by atoms with van der Waals surface area (Å²) in [5.74, 6) is -1.08. The lowest BCUT2D eigenvalue weighted by Gasteiger charge is -2.29. The highest BCUT2D eigenvalue weighted by Gasteiger charge is 2.49. The zero-order valence-electron chi connectivity index (χ0n) is 9.85. The molecule has 0 aliphatic carbocycles. The van der Waals surface area contributed by atoms with Crippen molar-refractivity contribution in [3.63, 3.8) is 0 Å². The van der Waals surface area contributed by atoms with E-state index in [1.165, 1.54) is 0 Å². The van der Waals surface area contributed by atoms with Crippen LogP contribution in [-0.4, -0.2) is 43.1 Å². The first-order chi connectivity index (χ1) is 8.58. The van der Waals surface area contributed by atoms with Gasteiger partial charge in [0.2, 0.25) is 0 Å². The molecule has 1 rings (SSSR count). The van der Waals surface area contributed by atoms with Crippen molar-refractivity contribution in [3.05, 3.63) is 11.8 Å². The zero-order valence-corrected chi connectivity index (χ0v) is 10.7. The average Bonchev–Trinajstić information content (AvgIpc) is 2.27. The molecule has 1 atom stereocenters. The number of hydrogen-bond donors (Lipinski definition) is 1. The molecule has 0 aromatic carbocycles. The maximum Gasteiger partial charge on any atom is 0.534 e. The molecular weight excluding hydrogens is 291 g/mol. The largest absolute Gasteiger partial charge is 0.534 e. The van der Waals surface area contributed by atoms with E-state index in [0.717, 1.165) is 11.0 Å². The van der Waals surface area contributed by atoms with Gasteiger partial charge in [0.1, 0.15) is 5.76 Å². The quantitative estimate of drug-likeness (QED) is 0.634. The summed E-state index contributed by atoms with van der Waals surface area (Å²) in [6, 6.07) is 0. The maximum absolute atomic E-state index is 12.2. The smallest absolute Gasteiger partial charge is 0.465 e. The van der Waals surface area contributed by atoms with Crippen LogP contribution in [-0.2, 0) is 14.3 Å². The Bertz CT molecular complexity index is 485. The monoisotopic (exact) mass is 303 g/mol. The topological polar surface area (TPSA) is 83.9 Å². The summed E-state index contributed by atoms with van der Waals surface area (Å²) in [6.07, 6.45) is 0.0605. The van der Waals surface area contributed by atoms with E-state index in [-0.39, 0.29) is 25.3 Å². The lowest BCUT2D eigenvalue weighted by molar-refractivity contribution is -0.0529. The number of hydrogen-bond acceptors (Lipinski definition) is 4. The number of halogens is 3. The van der Waals surface area contributed by atoms with Crippen molar-refractivity contribution in [2.75, 3.05) is 13.1 Å². The van der Waals surface area contributed by atoms with Gasteiger partial charge < -0.3 is 14.2 Å². The second kappa shape index (κ2) is 5.27. The lowest BCUT2D eigenvalue weighted by Crippen LogP contribution is -2.39. The van der Waals surface area contributed by atoms with Gasteiger partial charge in [-0.2, -0.15) is 21.6 Å². The molecule has 0 fully saturated rings. The maximum atomic E-state index is 12.2. The van der Waals surface area contributed by atoms with Gasteiger partial charge in [-0.3, -0.25) is 0 Å². The first-order valence-electron chi connectivity index (χ1n) is 5.27. The second-order valence-corrected chi connectivity index (χ2v) is 5.42. The lowest BCUT2D eigenvalue weighted by atomic mass is 10.0. The molecule has 0 bridgehead atoms. The highest BCUT2D eigenvalue weighted by Crippen LogP contribution is 2.31. The van der Waals surface area contributed by atoms with E-state index in [0.29, 0.717) is 0 Å². The molecule has 0 radical (unpaired) electrons. The van der Waals surface area contributed by atoms with Crippen LogP contribution >= 0.6 is 0 Å². The van der Waals surface area contributed by atoms with Gasteiger partial charge in [0.15, 0.2) is 0 Å². The van der Waals surface area contributed by atoms with Crippen molar-refractivity contribution < 1.29 is 35.7 Å². The van der Waals surface area contributed by atoms with Crippen molar-refractivity contribution in [2.24, 2.45) is 5.92 Å². The number of nitrogens with zero attached hydrogens (tertiary/aromatic N) is 1. The van der Waals surface area contributed by atoms with Crippen molar-refractivity contribution in [1.82, 2.24) is 4.90 Å². The van der Waals surface area contributed by atoms with Crippen molar-refractivity contribution >= 4 is 16.2 Å². The molecule has 110 valence electrons. The van der Waals surface area contributed by atoms with E-state index < -0.39 is 27.6 Å². The van der Waals surface area contributed by atoms with Crippen LogP contribution in [0.2, 0.25) is 0 Å². The summed E-state index contributed by atoms with van der Waals surface area (Å²) < 4.78 is 62.4. The Labute approximate surface area is 107 Å². The van der Waals surface area contributed by atoms with Crippen LogP contribution in [0, 0.1) is 5.92 Å². The first-order valence-corrected chi connectivity index (χ1v) is 6.68. The molecule has 1 aliphatic rings. The van der Waals surface area contributed by atoms with Gasteiger partial charge in [-0.25, -0.2) is 4.79 Å². The zero-order chi connectivity index (χ0) is 14.8. The highest BCUT2D eigenvalue weighted by atomic mass is 32.2. The van der Waals surface area contributed by atoms with Gasteiger partial charge in [0, 0.05) is 19.0 Å². The molecule has 0 saturated heterocycles. The summed E-state index contributed by atoms with van der Waals surface area (Å²) in [6.45, 7) is 1.27. The minimum Gasteiger partial charge on any atom is -0.465 e. The summed E-state index contributed by atoms with van der Waals surface area (Å²) in [4.78, 5) is 11.7. The standard InChI is InChI=1S/C9H12F3NO5S/c1-2-6-5-13(8(14)15)4-3-7(6)18-19(16,17)9(10,11)12/h3,6H,2,4-5H2,1H3,(H,14,15). The molecule has 19 heavy (non-hydrogen) atoms. The van der Waals surface area contributed by atoms with Crippen LogP contribution < -0.4 is 0 Å². The number of rotatable bonds is 3. The van der Waals surface area contributed by atoms with Crippen LogP contribution in [0.5, 0.6) is 0 Å². The summed E-state index contributed by atoms with van der Waals surface area (Å²) >= 11 is 0. The second-order valence-electron chi connectivity index (χ2n) is 3.88. The van der Waals surface area contributed by atoms with Crippen LogP contribution in [0.3, 0.4) is 0 Å². The van der Waals surface area contributed by atoms with E-state index in [2.05, 4.69) is 4.18 Å². The molecule has 1 heterocycles. The van der Waals surface area contributed by atoms with Gasteiger partial charge in [0.25, 0.3) is 0 Å². The van der Waals surface area contributed by atoms with E-state index in [9.17, 15) is 26.4 Å². The van der Waals surface area contributed by atoms with Crippen LogP contribution in [0.1, 0.15) is 13.3 Å². The molecule has 0 spiro atoms. The third-order valence-corrected chi connectivity index (χ3v) is 3.59. The van der Waals surface area contributed by atoms with Crippen LogP contribution in [0.25, 0.3) is 0 Å². The van der Waals surface area contributed by atoms with Gasteiger partial charge in [-0.15, -0.1) is 0 Å².